The molecule has 0 atom stereocenters. The van der Waals surface area contributed by atoms with Gasteiger partial charge in [0.1, 0.15) is 0 Å². The smallest absolute Gasteiger partial charge is 0.313 e. The standard InChI is InChI=1S/C14H24O5/c1-13(2,12(15)16-3)10-17-11-4-6-14(7-5-11)18-8-9-19-14/h11H,4-10H2,1-3H3. The van der Waals surface area contributed by atoms with Gasteiger partial charge in [0.2, 0.25) is 0 Å². The van der Waals surface area contributed by atoms with Crippen LogP contribution >= 0.6 is 0 Å². The molecule has 1 saturated carbocycles. The second-order valence-corrected chi connectivity index (χ2v) is 5.99. The van der Waals surface area contributed by atoms with E-state index in [9.17, 15) is 4.79 Å². The van der Waals surface area contributed by atoms with E-state index in [1.54, 1.807) is 0 Å². The fraction of sp³-hybridized carbons (Fsp3) is 0.929. The predicted molar refractivity (Wildman–Crippen MR) is 68.6 cm³/mol. The molecule has 0 aromatic carbocycles. The van der Waals surface area contributed by atoms with Crippen LogP contribution in [0, 0.1) is 5.41 Å². The molecule has 2 aliphatic rings. The van der Waals surface area contributed by atoms with Gasteiger partial charge in [-0.05, 0) is 26.7 Å². The number of methoxy groups -OCH3 is 1. The molecule has 1 aliphatic heterocycles. The van der Waals surface area contributed by atoms with Gasteiger partial charge in [0, 0.05) is 12.8 Å². The fourth-order valence-electron chi connectivity index (χ4n) is 2.64. The highest BCUT2D eigenvalue weighted by Crippen LogP contribution is 2.37. The largest absolute Gasteiger partial charge is 0.469 e. The lowest BCUT2D eigenvalue weighted by Gasteiger charge is -2.36. The quantitative estimate of drug-likeness (QED) is 0.731. The van der Waals surface area contributed by atoms with Crippen molar-refractivity contribution in [3.05, 3.63) is 0 Å². The Hall–Kier alpha value is -0.650. The van der Waals surface area contributed by atoms with E-state index < -0.39 is 5.41 Å². The summed E-state index contributed by atoms with van der Waals surface area (Å²) in [5.74, 6) is -0.584. The van der Waals surface area contributed by atoms with Crippen molar-refractivity contribution in [3.8, 4) is 0 Å². The third kappa shape index (κ3) is 3.46. The zero-order valence-electron chi connectivity index (χ0n) is 12.1. The molecule has 0 aromatic rings. The number of rotatable bonds is 4. The molecule has 110 valence electrons. The average Bonchev–Trinajstić information content (AvgIpc) is 2.85. The maximum Gasteiger partial charge on any atom is 0.313 e. The molecule has 1 aliphatic carbocycles. The van der Waals surface area contributed by atoms with Crippen LogP contribution in [-0.4, -0.2) is 44.8 Å². The maximum atomic E-state index is 11.6. The van der Waals surface area contributed by atoms with E-state index in [2.05, 4.69) is 0 Å². The summed E-state index contributed by atoms with van der Waals surface area (Å²) in [6, 6.07) is 0. The third-order valence-electron chi connectivity index (χ3n) is 3.93. The van der Waals surface area contributed by atoms with Gasteiger partial charge in [-0.25, -0.2) is 0 Å². The topological polar surface area (TPSA) is 54.0 Å². The monoisotopic (exact) mass is 272 g/mol. The first-order valence-electron chi connectivity index (χ1n) is 6.95. The van der Waals surface area contributed by atoms with Gasteiger partial charge in [-0.1, -0.05) is 0 Å². The second kappa shape index (κ2) is 5.77. The van der Waals surface area contributed by atoms with E-state index in [0.717, 1.165) is 25.7 Å². The summed E-state index contributed by atoms with van der Waals surface area (Å²) < 4.78 is 22.0. The number of ether oxygens (including phenoxy) is 4. The minimum Gasteiger partial charge on any atom is -0.469 e. The highest BCUT2D eigenvalue weighted by Gasteiger charge is 2.41. The molecule has 0 amide bonds. The molecule has 0 unspecified atom stereocenters. The number of carbonyl (C=O) groups is 1. The Labute approximate surface area is 114 Å². The Balaban J connectivity index is 1.75. The third-order valence-corrected chi connectivity index (χ3v) is 3.93. The summed E-state index contributed by atoms with van der Waals surface area (Å²) in [5.41, 5.74) is -0.593. The van der Waals surface area contributed by atoms with Crippen molar-refractivity contribution in [1.82, 2.24) is 0 Å². The summed E-state index contributed by atoms with van der Waals surface area (Å²) in [6.45, 7) is 5.46. The van der Waals surface area contributed by atoms with Gasteiger partial charge in [0.05, 0.1) is 38.4 Å². The molecule has 0 N–H and O–H groups in total. The Morgan fingerprint density at radius 2 is 1.84 bits per heavy atom. The van der Waals surface area contributed by atoms with Gasteiger partial charge in [0.25, 0.3) is 0 Å². The number of carbonyl (C=O) groups excluding carboxylic acids is 1. The minimum absolute atomic E-state index is 0.183. The maximum absolute atomic E-state index is 11.6. The van der Waals surface area contributed by atoms with Crippen LogP contribution in [0.5, 0.6) is 0 Å². The molecule has 1 spiro atoms. The first-order valence-corrected chi connectivity index (χ1v) is 6.95. The van der Waals surface area contributed by atoms with E-state index in [0.29, 0.717) is 19.8 Å². The van der Waals surface area contributed by atoms with Crippen LogP contribution in [-0.2, 0) is 23.7 Å². The highest BCUT2D eigenvalue weighted by atomic mass is 16.7. The number of hydrogen-bond acceptors (Lipinski definition) is 5. The van der Waals surface area contributed by atoms with Crippen LogP contribution in [0.25, 0.3) is 0 Å². The van der Waals surface area contributed by atoms with E-state index >= 15 is 0 Å². The van der Waals surface area contributed by atoms with Crippen LogP contribution in [0.15, 0.2) is 0 Å². The normalized spacial score (nSPS) is 23.7. The average molecular weight is 272 g/mol. The van der Waals surface area contributed by atoms with Gasteiger partial charge in [-0.2, -0.15) is 0 Å². The fourth-order valence-corrected chi connectivity index (χ4v) is 2.64. The molecular weight excluding hydrogens is 248 g/mol. The first kappa shape index (κ1) is 14.8. The van der Waals surface area contributed by atoms with Crippen LogP contribution in [0.3, 0.4) is 0 Å². The Morgan fingerprint density at radius 1 is 1.26 bits per heavy atom. The zero-order valence-corrected chi connectivity index (χ0v) is 12.1. The lowest BCUT2D eigenvalue weighted by molar-refractivity contribution is -0.194. The molecule has 5 heteroatoms. The van der Waals surface area contributed by atoms with Gasteiger partial charge >= 0.3 is 5.97 Å². The molecule has 2 rings (SSSR count). The summed E-state index contributed by atoms with van der Waals surface area (Å²) >= 11 is 0. The molecule has 0 radical (unpaired) electrons. The molecule has 0 bridgehead atoms. The summed E-state index contributed by atoms with van der Waals surface area (Å²) in [6.07, 6.45) is 3.75. The predicted octanol–water partition coefficient (Wildman–Crippen LogP) is 1.89. The molecular formula is C14H24O5. The first-order chi connectivity index (χ1) is 8.97. The van der Waals surface area contributed by atoms with Gasteiger partial charge in [-0.15, -0.1) is 0 Å². The lowest BCUT2D eigenvalue weighted by Crippen LogP contribution is -2.39. The van der Waals surface area contributed by atoms with Crippen LogP contribution in [0.4, 0.5) is 0 Å². The summed E-state index contributed by atoms with van der Waals surface area (Å²) in [4.78, 5) is 11.6. The van der Waals surface area contributed by atoms with E-state index in [1.165, 1.54) is 7.11 Å². The van der Waals surface area contributed by atoms with Crippen molar-refractivity contribution in [2.24, 2.45) is 5.41 Å². The van der Waals surface area contributed by atoms with E-state index in [1.807, 2.05) is 13.8 Å². The zero-order chi connectivity index (χ0) is 13.9. The van der Waals surface area contributed by atoms with Crippen molar-refractivity contribution < 1.29 is 23.7 Å². The Kier molecular flexibility index (Phi) is 4.48. The van der Waals surface area contributed by atoms with Crippen LogP contribution in [0.2, 0.25) is 0 Å². The number of hydrogen-bond donors (Lipinski definition) is 0. The second-order valence-electron chi connectivity index (χ2n) is 5.99. The van der Waals surface area contributed by atoms with E-state index in [4.69, 9.17) is 18.9 Å². The van der Waals surface area contributed by atoms with Crippen molar-refractivity contribution >= 4 is 5.97 Å². The lowest BCUT2D eigenvalue weighted by atomic mass is 9.91. The van der Waals surface area contributed by atoms with Crippen molar-refractivity contribution in [1.29, 1.82) is 0 Å². The Bertz CT molecular complexity index is 310. The minimum atomic E-state index is -0.593. The van der Waals surface area contributed by atoms with E-state index in [-0.39, 0.29) is 17.9 Å². The number of esters is 1. The summed E-state index contributed by atoms with van der Waals surface area (Å²) in [5, 5.41) is 0. The van der Waals surface area contributed by atoms with Crippen LogP contribution < -0.4 is 0 Å². The SMILES string of the molecule is COC(=O)C(C)(C)COC1CCC2(CC1)OCCO2. The molecule has 5 nitrogen and oxygen atoms in total. The molecule has 0 aromatic heterocycles. The molecule has 19 heavy (non-hydrogen) atoms. The molecule has 1 saturated heterocycles. The van der Waals surface area contributed by atoms with Crippen molar-refractivity contribution in [2.75, 3.05) is 26.9 Å². The van der Waals surface area contributed by atoms with Gasteiger partial charge < -0.3 is 18.9 Å². The van der Waals surface area contributed by atoms with Gasteiger partial charge in [-0.3, -0.25) is 4.79 Å². The van der Waals surface area contributed by atoms with Gasteiger partial charge in [0.15, 0.2) is 5.79 Å². The van der Waals surface area contributed by atoms with Crippen molar-refractivity contribution in [2.45, 2.75) is 51.4 Å². The highest BCUT2D eigenvalue weighted by molar-refractivity contribution is 5.75. The molecule has 2 fully saturated rings. The molecule has 1 heterocycles. The van der Waals surface area contributed by atoms with Crippen molar-refractivity contribution in [3.63, 3.8) is 0 Å². The summed E-state index contributed by atoms with van der Waals surface area (Å²) in [7, 11) is 1.41. The van der Waals surface area contributed by atoms with Crippen LogP contribution in [0.1, 0.15) is 39.5 Å². The Morgan fingerprint density at radius 3 is 2.37 bits per heavy atom.